The lowest BCUT2D eigenvalue weighted by molar-refractivity contribution is 0.0694. The fraction of sp³-hybridized carbons (Fsp3) is 0.462. The van der Waals surface area contributed by atoms with Crippen LogP contribution in [0.15, 0.2) is 12.1 Å². The molecule has 0 spiro atoms. The van der Waals surface area contributed by atoms with Crippen LogP contribution in [0, 0.1) is 0 Å². The molecule has 1 aromatic carbocycles. The largest absolute Gasteiger partial charge is 0.507 e. The Kier molecular flexibility index (Phi) is 3.79. The minimum Gasteiger partial charge on any atom is -0.507 e. The highest BCUT2D eigenvalue weighted by molar-refractivity contribution is 6.99. The third-order valence-electron chi connectivity index (χ3n) is 2.97. The number of phenols is 1. The molecule has 0 aliphatic carbocycles. The molecule has 1 rings (SSSR count). The maximum Gasteiger partial charge on any atom is 0.339 e. The molecule has 3 nitrogen and oxygen atoms in total. The van der Waals surface area contributed by atoms with Crippen LogP contribution in [0.3, 0.4) is 0 Å². The molecule has 0 fully saturated rings. The third kappa shape index (κ3) is 2.84. The van der Waals surface area contributed by atoms with Crippen molar-refractivity contribution in [2.24, 2.45) is 0 Å². The first-order valence-corrected chi connectivity index (χ1v) is 13.1. The summed E-state index contributed by atoms with van der Waals surface area (Å²) in [5, 5.41) is 21.5. The normalized spacial score (nSPS) is 12.6. The van der Waals surface area contributed by atoms with E-state index < -0.39 is 22.1 Å². The first kappa shape index (κ1) is 15.0. The van der Waals surface area contributed by atoms with Crippen molar-refractivity contribution in [2.75, 3.05) is 0 Å². The van der Waals surface area contributed by atoms with E-state index in [0.29, 0.717) is 0 Å². The number of hydrogen-bond donors (Lipinski definition) is 2. The Hall–Kier alpha value is -1.08. The highest BCUT2D eigenvalue weighted by Crippen LogP contribution is 2.19. The molecule has 18 heavy (non-hydrogen) atoms. The predicted octanol–water partition coefficient (Wildman–Crippen LogP) is 2.18. The van der Waals surface area contributed by atoms with Crippen LogP contribution in [-0.2, 0) is 0 Å². The summed E-state index contributed by atoms with van der Waals surface area (Å²) >= 11 is 0. The van der Waals surface area contributed by atoms with Crippen molar-refractivity contribution in [1.82, 2.24) is 0 Å². The second kappa shape index (κ2) is 4.55. The van der Waals surface area contributed by atoms with E-state index in [1.165, 1.54) is 11.3 Å². The van der Waals surface area contributed by atoms with Gasteiger partial charge in [0.2, 0.25) is 0 Å². The lowest BCUT2D eigenvalue weighted by Crippen LogP contribution is -2.56. The number of hydrogen-bond acceptors (Lipinski definition) is 2. The predicted molar refractivity (Wildman–Crippen MR) is 81.0 cm³/mol. The third-order valence-corrected chi connectivity index (χ3v) is 7.26. The molecular weight excluding hydrogens is 260 g/mol. The van der Waals surface area contributed by atoms with Gasteiger partial charge in [0.05, 0.1) is 16.1 Å². The molecule has 0 atom stereocenters. The molecule has 0 aliphatic heterocycles. The van der Waals surface area contributed by atoms with Gasteiger partial charge in [0, 0.05) is 0 Å². The van der Waals surface area contributed by atoms with E-state index >= 15 is 0 Å². The lowest BCUT2D eigenvalue weighted by Gasteiger charge is -2.29. The molecule has 100 valence electrons. The molecule has 0 amide bonds. The van der Waals surface area contributed by atoms with Gasteiger partial charge in [0.1, 0.15) is 11.3 Å². The van der Waals surface area contributed by atoms with E-state index in [-0.39, 0.29) is 11.3 Å². The average molecular weight is 282 g/mol. The van der Waals surface area contributed by atoms with E-state index in [1.807, 2.05) is 6.07 Å². The van der Waals surface area contributed by atoms with Gasteiger partial charge < -0.3 is 10.2 Å². The zero-order chi connectivity index (χ0) is 14.3. The van der Waals surface area contributed by atoms with Crippen LogP contribution in [-0.4, -0.2) is 32.3 Å². The molecular formula is C13H22O3Si2. The summed E-state index contributed by atoms with van der Waals surface area (Å²) in [6.07, 6.45) is 0. The smallest absolute Gasteiger partial charge is 0.339 e. The van der Waals surface area contributed by atoms with E-state index in [4.69, 9.17) is 5.11 Å². The SMILES string of the molecule is C[Si](C)(C)c1ccc(C(=O)O)c(O)c1[Si](C)(C)C. The van der Waals surface area contributed by atoms with Crippen LogP contribution in [0.1, 0.15) is 10.4 Å². The van der Waals surface area contributed by atoms with Gasteiger partial charge in [-0.05, 0) is 11.3 Å². The maximum atomic E-state index is 11.1. The van der Waals surface area contributed by atoms with Crippen molar-refractivity contribution in [3.8, 4) is 5.75 Å². The van der Waals surface area contributed by atoms with Crippen LogP contribution >= 0.6 is 0 Å². The quantitative estimate of drug-likeness (QED) is 0.836. The average Bonchev–Trinajstić information content (AvgIpc) is 2.12. The summed E-state index contributed by atoms with van der Waals surface area (Å²) in [5.41, 5.74) is 0.0226. The van der Waals surface area contributed by atoms with Crippen molar-refractivity contribution in [3.63, 3.8) is 0 Å². The van der Waals surface area contributed by atoms with Gasteiger partial charge in [-0.25, -0.2) is 4.79 Å². The van der Waals surface area contributed by atoms with Gasteiger partial charge in [0.25, 0.3) is 0 Å². The van der Waals surface area contributed by atoms with Crippen molar-refractivity contribution in [2.45, 2.75) is 39.3 Å². The summed E-state index contributed by atoms with van der Waals surface area (Å²) in [6.45, 7) is 13.1. The molecule has 2 N–H and O–H groups in total. The molecule has 0 aliphatic rings. The zero-order valence-corrected chi connectivity index (χ0v) is 14.0. The Morgan fingerprint density at radius 1 is 1.00 bits per heavy atom. The number of rotatable bonds is 3. The Morgan fingerprint density at radius 3 is 1.83 bits per heavy atom. The number of aromatic hydroxyl groups is 1. The Labute approximate surface area is 110 Å². The van der Waals surface area contributed by atoms with E-state index in [9.17, 15) is 9.90 Å². The molecule has 0 saturated heterocycles. The van der Waals surface area contributed by atoms with Crippen LogP contribution in [0.4, 0.5) is 0 Å². The van der Waals surface area contributed by atoms with Crippen LogP contribution < -0.4 is 10.4 Å². The summed E-state index contributed by atoms with van der Waals surface area (Å²) in [4.78, 5) is 11.1. The molecule has 0 heterocycles. The summed E-state index contributed by atoms with van der Waals surface area (Å²) in [5.74, 6) is -1.07. The maximum absolute atomic E-state index is 11.1. The van der Waals surface area contributed by atoms with Gasteiger partial charge in [0.15, 0.2) is 0 Å². The van der Waals surface area contributed by atoms with Gasteiger partial charge in [-0.1, -0.05) is 50.5 Å². The second-order valence-corrected chi connectivity index (χ2v) is 16.7. The highest BCUT2D eigenvalue weighted by atomic mass is 28.3. The number of aromatic carboxylic acids is 1. The standard InChI is InChI=1S/C13H22O3Si2/c1-17(2,3)10-8-7-9(13(15)16)11(14)12(10)18(4,5)6/h7-8,14H,1-6H3,(H,15,16). The molecule has 0 saturated carbocycles. The molecule has 0 unspecified atom stereocenters. The second-order valence-electron chi connectivity index (χ2n) is 6.69. The van der Waals surface area contributed by atoms with Gasteiger partial charge >= 0.3 is 5.97 Å². The summed E-state index contributed by atoms with van der Waals surface area (Å²) in [7, 11) is -3.38. The van der Waals surface area contributed by atoms with Crippen LogP contribution in [0.25, 0.3) is 0 Å². The Morgan fingerprint density at radius 2 is 1.50 bits per heavy atom. The Bertz CT molecular complexity index is 482. The minimum atomic E-state index is -1.79. The minimum absolute atomic E-state index is 0.0124. The van der Waals surface area contributed by atoms with Crippen LogP contribution in [0.5, 0.6) is 5.75 Å². The lowest BCUT2D eigenvalue weighted by atomic mass is 10.2. The topological polar surface area (TPSA) is 57.5 Å². The Balaban J connectivity index is 3.69. The molecule has 0 bridgehead atoms. The van der Waals surface area contributed by atoms with Gasteiger partial charge in [-0.3, -0.25) is 0 Å². The molecule has 0 radical (unpaired) electrons. The van der Waals surface area contributed by atoms with E-state index in [0.717, 1.165) is 5.19 Å². The van der Waals surface area contributed by atoms with Gasteiger partial charge in [-0.2, -0.15) is 0 Å². The van der Waals surface area contributed by atoms with Crippen molar-refractivity contribution >= 4 is 32.5 Å². The molecule has 1 aromatic rings. The van der Waals surface area contributed by atoms with Crippen molar-refractivity contribution < 1.29 is 15.0 Å². The van der Waals surface area contributed by atoms with Crippen molar-refractivity contribution in [1.29, 1.82) is 0 Å². The first-order valence-electron chi connectivity index (χ1n) is 6.06. The zero-order valence-electron chi connectivity index (χ0n) is 12.0. The van der Waals surface area contributed by atoms with E-state index in [1.54, 1.807) is 0 Å². The molecule has 5 heteroatoms. The van der Waals surface area contributed by atoms with Crippen molar-refractivity contribution in [3.05, 3.63) is 17.7 Å². The molecule has 0 aromatic heterocycles. The summed E-state index contributed by atoms with van der Waals surface area (Å²) in [6, 6.07) is 3.44. The summed E-state index contributed by atoms with van der Waals surface area (Å²) < 4.78 is 0. The number of carbonyl (C=O) groups is 1. The fourth-order valence-corrected chi connectivity index (χ4v) is 7.59. The van der Waals surface area contributed by atoms with Gasteiger partial charge in [-0.15, -0.1) is 0 Å². The number of benzene rings is 1. The number of carboxylic acid groups (broad SMARTS) is 1. The first-order chi connectivity index (χ1) is 7.96. The fourth-order valence-electron chi connectivity index (χ4n) is 2.15. The number of carboxylic acids is 1. The van der Waals surface area contributed by atoms with E-state index in [2.05, 4.69) is 39.3 Å². The monoisotopic (exact) mass is 282 g/mol. The van der Waals surface area contributed by atoms with Crippen LogP contribution in [0.2, 0.25) is 39.3 Å². The highest BCUT2D eigenvalue weighted by Gasteiger charge is 2.32.